The van der Waals surface area contributed by atoms with Crippen LogP contribution in [0.5, 0.6) is 5.75 Å². The van der Waals surface area contributed by atoms with Crippen molar-refractivity contribution in [1.29, 1.82) is 0 Å². The first kappa shape index (κ1) is 16.7. The monoisotopic (exact) mass is 356 g/mol. The fourth-order valence-electron chi connectivity index (χ4n) is 1.96. The first-order valence-electron chi connectivity index (χ1n) is 7.21. The van der Waals surface area contributed by atoms with E-state index in [1.54, 1.807) is 19.1 Å². The molecule has 1 aromatic heterocycles. The van der Waals surface area contributed by atoms with Gasteiger partial charge in [-0.15, -0.1) is 0 Å². The van der Waals surface area contributed by atoms with Crippen molar-refractivity contribution in [3.05, 3.63) is 64.4 Å². The summed E-state index contributed by atoms with van der Waals surface area (Å²) in [6, 6.07) is 10.4. The maximum Gasteiger partial charge on any atom is 0.216 e. The molecule has 0 unspecified atom stereocenters. The predicted molar refractivity (Wildman–Crippen MR) is 93.8 cm³/mol. The van der Waals surface area contributed by atoms with Crippen LogP contribution in [0.1, 0.15) is 11.4 Å². The number of halogens is 1. The Balaban J connectivity index is 1.85. The molecule has 0 amide bonds. The summed E-state index contributed by atoms with van der Waals surface area (Å²) in [7, 11) is 0. The Morgan fingerprint density at radius 2 is 1.84 bits per heavy atom. The van der Waals surface area contributed by atoms with Crippen molar-refractivity contribution < 1.29 is 9.50 Å². The minimum atomic E-state index is -0.338. The number of hydrogen-bond donors (Lipinski definition) is 2. The molecule has 3 aromatic rings. The number of azo groups is 1. The van der Waals surface area contributed by atoms with Crippen LogP contribution in [0.4, 0.5) is 15.8 Å². The topological polar surface area (TPSA) is 90.9 Å². The highest BCUT2D eigenvalue weighted by Gasteiger charge is 2.02. The van der Waals surface area contributed by atoms with Gasteiger partial charge in [0.15, 0.2) is 0 Å². The number of aromatic hydroxyl groups is 1. The van der Waals surface area contributed by atoms with Crippen molar-refractivity contribution in [2.75, 3.05) is 0 Å². The Hall–Kier alpha value is -3.20. The summed E-state index contributed by atoms with van der Waals surface area (Å²) >= 11 is 5.06. The average Bonchev–Trinajstić information content (AvgIpc) is 2.92. The van der Waals surface area contributed by atoms with Gasteiger partial charge >= 0.3 is 0 Å². The van der Waals surface area contributed by atoms with Crippen LogP contribution in [0.25, 0.3) is 0 Å². The molecule has 0 atom stereocenters. The highest BCUT2D eigenvalue weighted by molar-refractivity contribution is 7.71. The Kier molecular flexibility index (Phi) is 4.75. The second-order valence-corrected chi connectivity index (χ2v) is 5.44. The lowest BCUT2D eigenvalue weighted by molar-refractivity contribution is 0.474. The van der Waals surface area contributed by atoms with Gasteiger partial charge < -0.3 is 5.11 Å². The van der Waals surface area contributed by atoms with E-state index in [9.17, 15) is 9.50 Å². The molecule has 0 radical (unpaired) electrons. The van der Waals surface area contributed by atoms with Crippen LogP contribution >= 0.6 is 12.2 Å². The SMILES string of the molecule is Cc1n[nH]c(=S)n1/N=C/c1cc(N=Nc2ccc(F)cc2)ccc1O. The molecular weight excluding hydrogens is 343 g/mol. The third-order valence-corrected chi connectivity index (χ3v) is 3.51. The summed E-state index contributed by atoms with van der Waals surface area (Å²) in [4.78, 5) is 0. The molecule has 2 N–H and O–H groups in total. The molecule has 7 nitrogen and oxygen atoms in total. The molecule has 0 saturated carbocycles. The van der Waals surface area contributed by atoms with Gasteiger partial charge in [0, 0.05) is 5.56 Å². The van der Waals surface area contributed by atoms with Crippen LogP contribution in [0.3, 0.4) is 0 Å². The maximum absolute atomic E-state index is 12.9. The molecule has 9 heteroatoms. The standard InChI is InChI=1S/C16H13FN6OS/c1-10-19-22-16(25)23(10)18-9-11-8-14(6-7-15(11)24)21-20-13-4-2-12(17)3-5-13/h2-9,24H,1H3,(H,22,25)/b18-9+,21-20?. The van der Waals surface area contributed by atoms with E-state index in [0.717, 1.165) is 0 Å². The highest BCUT2D eigenvalue weighted by atomic mass is 32.1. The first-order chi connectivity index (χ1) is 12.0. The summed E-state index contributed by atoms with van der Waals surface area (Å²) in [5.74, 6) is 0.292. The van der Waals surface area contributed by atoms with Crippen molar-refractivity contribution in [3.8, 4) is 5.75 Å². The largest absolute Gasteiger partial charge is 0.507 e. The summed E-state index contributed by atoms with van der Waals surface area (Å²) in [5.41, 5.74) is 1.47. The van der Waals surface area contributed by atoms with Crippen LogP contribution in [0.2, 0.25) is 0 Å². The number of aryl methyl sites for hydroxylation is 1. The van der Waals surface area contributed by atoms with Gasteiger partial charge in [-0.3, -0.25) is 5.10 Å². The van der Waals surface area contributed by atoms with E-state index in [0.29, 0.717) is 27.5 Å². The summed E-state index contributed by atoms with van der Waals surface area (Å²) in [5, 5.41) is 28.8. The number of aromatic amines is 1. The van der Waals surface area contributed by atoms with E-state index < -0.39 is 0 Å². The molecule has 2 aromatic carbocycles. The number of phenolic OH excluding ortho intramolecular Hbond substituents is 1. The van der Waals surface area contributed by atoms with E-state index in [1.807, 2.05) is 0 Å². The minimum Gasteiger partial charge on any atom is -0.507 e. The molecule has 3 rings (SSSR count). The van der Waals surface area contributed by atoms with Crippen LogP contribution in [0, 0.1) is 17.5 Å². The van der Waals surface area contributed by atoms with Crippen LogP contribution in [-0.2, 0) is 0 Å². The molecule has 1 heterocycles. The van der Waals surface area contributed by atoms with Crippen molar-refractivity contribution in [1.82, 2.24) is 14.9 Å². The fraction of sp³-hybridized carbons (Fsp3) is 0.0625. The first-order valence-corrected chi connectivity index (χ1v) is 7.62. The smallest absolute Gasteiger partial charge is 0.216 e. The third-order valence-electron chi connectivity index (χ3n) is 3.24. The Morgan fingerprint density at radius 3 is 2.52 bits per heavy atom. The molecule has 0 bridgehead atoms. The van der Waals surface area contributed by atoms with Crippen LogP contribution in [0.15, 0.2) is 57.8 Å². The van der Waals surface area contributed by atoms with Crippen LogP contribution < -0.4 is 0 Å². The average molecular weight is 356 g/mol. The van der Waals surface area contributed by atoms with E-state index >= 15 is 0 Å². The second kappa shape index (κ2) is 7.14. The van der Waals surface area contributed by atoms with Gasteiger partial charge in [0.2, 0.25) is 4.77 Å². The number of hydrogen-bond acceptors (Lipinski definition) is 6. The van der Waals surface area contributed by atoms with E-state index in [2.05, 4.69) is 25.5 Å². The summed E-state index contributed by atoms with van der Waals surface area (Å²) in [6.07, 6.45) is 1.45. The zero-order valence-corrected chi connectivity index (χ0v) is 13.9. The van der Waals surface area contributed by atoms with Crippen molar-refractivity contribution in [2.24, 2.45) is 15.3 Å². The lowest BCUT2D eigenvalue weighted by Gasteiger charge is -2.00. The minimum absolute atomic E-state index is 0.0390. The normalized spacial score (nSPS) is 11.6. The number of benzene rings is 2. The van der Waals surface area contributed by atoms with Gasteiger partial charge in [-0.05, 0) is 61.6 Å². The third kappa shape index (κ3) is 4.01. The van der Waals surface area contributed by atoms with E-state index in [4.69, 9.17) is 12.2 Å². The number of nitrogens with one attached hydrogen (secondary N) is 1. The van der Waals surface area contributed by atoms with E-state index in [1.165, 1.54) is 41.2 Å². The molecule has 126 valence electrons. The summed E-state index contributed by atoms with van der Waals surface area (Å²) < 4.78 is 14.7. The zero-order chi connectivity index (χ0) is 17.8. The molecule has 0 aliphatic carbocycles. The predicted octanol–water partition coefficient (Wildman–Crippen LogP) is 4.39. The van der Waals surface area contributed by atoms with Gasteiger partial charge in [0.25, 0.3) is 0 Å². The van der Waals surface area contributed by atoms with E-state index in [-0.39, 0.29) is 11.6 Å². The quantitative estimate of drug-likeness (QED) is 0.412. The van der Waals surface area contributed by atoms with Gasteiger partial charge in [0.1, 0.15) is 17.4 Å². The van der Waals surface area contributed by atoms with Gasteiger partial charge in [-0.2, -0.15) is 25.1 Å². The number of H-pyrrole nitrogens is 1. The zero-order valence-electron chi connectivity index (χ0n) is 13.1. The number of aromatic nitrogens is 3. The van der Waals surface area contributed by atoms with Crippen molar-refractivity contribution >= 4 is 29.8 Å². The maximum atomic E-state index is 12.9. The number of rotatable bonds is 4. The number of nitrogens with zero attached hydrogens (tertiary/aromatic N) is 5. The van der Waals surface area contributed by atoms with Crippen molar-refractivity contribution in [3.63, 3.8) is 0 Å². The Labute approximate surface area is 147 Å². The Morgan fingerprint density at radius 1 is 1.16 bits per heavy atom. The molecular formula is C16H13FN6OS. The summed E-state index contributed by atoms with van der Waals surface area (Å²) in [6.45, 7) is 1.75. The molecule has 0 spiro atoms. The molecule has 0 aliphatic heterocycles. The van der Waals surface area contributed by atoms with Crippen LogP contribution in [-0.4, -0.2) is 26.2 Å². The molecule has 25 heavy (non-hydrogen) atoms. The lowest BCUT2D eigenvalue weighted by Crippen LogP contribution is -1.94. The van der Waals surface area contributed by atoms with Gasteiger partial charge in [0.05, 0.1) is 17.6 Å². The molecule has 0 aliphatic rings. The highest BCUT2D eigenvalue weighted by Crippen LogP contribution is 2.24. The number of phenols is 1. The van der Waals surface area contributed by atoms with Gasteiger partial charge in [-0.25, -0.2) is 4.39 Å². The lowest BCUT2D eigenvalue weighted by atomic mass is 10.2. The second-order valence-electron chi connectivity index (χ2n) is 5.05. The van der Waals surface area contributed by atoms with Crippen molar-refractivity contribution in [2.45, 2.75) is 6.92 Å². The Bertz CT molecular complexity index is 1010. The molecule has 0 saturated heterocycles. The fourth-order valence-corrected chi connectivity index (χ4v) is 2.18. The van der Waals surface area contributed by atoms with Gasteiger partial charge in [-0.1, -0.05) is 0 Å². The molecule has 0 fully saturated rings.